The summed E-state index contributed by atoms with van der Waals surface area (Å²) in [5, 5.41) is 13.8. The van der Waals surface area contributed by atoms with Gasteiger partial charge in [-0.3, -0.25) is 0 Å². The molecule has 110 valence electrons. The molecule has 2 atom stereocenters. The maximum absolute atomic E-state index is 9.27. The summed E-state index contributed by atoms with van der Waals surface area (Å²) in [6.07, 6.45) is 2.01. The van der Waals surface area contributed by atoms with Crippen molar-refractivity contribution in [3.63, 3.8) is 0 Å². The Hall–Kier alpha value is -0.500. The van der Waals surface area contributed by atoms with Gasteiger partial charge >= 0.3 is 0 Å². The molecule has 0 aliphatic heterocycles. The van der Waals surface area contributed by atoms with E-state index >= 15 is 0 Å². The number of aromatic nitrogens is 1. The van der Waals surface area contributed by atoms with Gasteiger partial charge in [0, 0.05) is 31.9 Å². The molecule has 0 aliphatic carbocycles. The van der Waals surface area contributed by atoms with Crippen molar-refractivity contribution in [1.29, 1.82) is 0 Å². The van der Waals surface area contributed by atoms with Crippen molar-refractivity contribution in [3.05, 3.63) is 4.88 Å². The molecule has 0 radical (unpaired) electrons. The number of thioether (sulfide) groups is 1. The molecule has 2 N–H and O–H groups in total. The first-order chi connectivity index (χ1) is 9.03. The van der Waals surface area contributed by atoms with Crippen molar-refractivity contribution < 1.29 is 9.84 Å². The summed E-state index contributed by atoms with van der Waals surface area (Å²) in [6, 6.07) is 0.231. The summed E-state index contributed by atoms with van der Waals surface area (Å²) >= 11 is 3.29. The SMILES string of the molecule is COc1nc(N(C)C)sc1CNC(C)C(CO)SC. The highest BCUT2D eigenvalue weighted by Crippen LogP contribution is 2.30. The van der Waals surface area contributed by atoms with Gasteiger partial charge in [0.2, 0.25) is 5.88 Å². The van der Waals surface area contributed by atoms with Gasteiger partial charge in [-0.05, 0) is 13.2 Å². The fourth-order valence-corrected chi connectivity index (χ4v) is 3.17. The van der Waals surface area contributed by atoms with E-state index in [2.05, 4.69) is 17.2 Å². The monoisotopic (exact) mass is 305 g/mol. The zero-order valence-corrected chi connectivity index (χ0v) is 13.8. The van der Waals surface area contributed by atoms with Crippen LogP contribution in [0.4, 0.5) is 5.13 Å². The second-order valence-corrected chi connectivity index (χ2v) is 6.59. The Morgan fingerprint density at radius 3 is 2.68 bits per heavy atom. The molecule has 1 aromatic heterocycles. The molecule has 0 aromatic carbocycles. The highest BCUT2D eigenvalue weighted by molar-refractivity contribution is 7.99. The minimum atomic E-state index is 0.179. The molecule has 1 heterocycles. The lowest BCUT2D eigenvalue weighted by molar-refractivity contribution is 0.275. The van der Waals surface area contributed by atoms with Crippen LogP contribution < -0.4 is 15.0 Å². The Kier molecular flexibility index (Phi) is 6.92. The number of methoxy groups -OCH3 is 1. The van der Waals surface area contributed by atoms with Gasteiger partial charge < -0.3 is 20.1 Å². The lowest BCUT2D eigenvalue weighted by Gasteiger charge is -2.21. The molecule has 0 aliphatic rings. The molecule has 0 spiro atoms. The molecule has 0 saturated heterocycles. The summed E-state index contributed by atoms with van der Waals surface area (Å²) in [5.74, 6) is 0.679. The van der Waals surface area contributed by atoms with Crippen LogP contribution in [0.5, 0.6) is 5.88 Å². The Labute approximate surface area is 123 Å². The van der Waals surface area contributed by atoms with Crippen LogP contribution in [0.2, 0.25) is 0 Å². The van der Waals surface area contributed by atoms with E-state index in [9.17, 15) is 5.11 Å². The van der Waals surface area contributed by atoms with Gasteiger partial charge in [0.1, 0.15) is 0 Å². The van der Waals surface area contributed by atoms with E-state index in [1.807, 2.05) is 25.3 Å². The molecule has 7 heteroatoms. The molecule has 0 amide bonds. The lowest BCUT2D eigenvalue weighted by atomic mass is 10.2. The van der Waals surface area contributed by atoms with Crippen LogP contribution in [0.15, 0.2) is 0 Å². The fraction of sp³-hybridized carbons (Fsp3) is 0.750. The molecule has 5 nitrogen and oxygen atoms in total. The lowest BCUT2D eigenvalue weighted by Crippen LogP contribution is -2.36. The molecular weight excluding hydrogens is 282 g/mol. The van der Waals surface area contributed by atoms with Crippen molar-refractivity contribution >= 4 is 28.2 Å². The number of anilines is 1. The summed E-state index contributed by atoms with van der Waals surface area (Å²) in [4.78, 5) is 7.47. The van der Waals surface area contributed by atoms with Crippen LogP contribution in [0.25, 0.3) is 0 Å². The van der Waals surface area contributed by atoms with Crippen molar-refractivity contribution in [2.45, 2.75) is 24.8 Å². The number of hydrogen-bond donors (Lipinski definition) is 2. The van der Waals surface area contributed by atoms with E-state index in [1.165, 1.54) is 0 Å². The molecule has 0 fully saturated rings. The maximum atomic E-state index is 9.27. The van der Waals surface area contributed by atoms with Gasteiger partial charge in [0.15, 0.2) is 5.13 Å². The van der Waals surface area contributed by atoms with Gasteiger partial charge in [0.25, 0.3) is 0 Å². The van der Waals surface area contributed by atoms with Crippen molar-refractivity contribution in [2.24, 2.45) is 0 Å². The van der Waals surface area contributed by atoms with Gasteiger partial charge in [0.05, 0.1) is 18.6 Å². The molecule has 1 rings (SSSR count). The first-order valence-electron chi connectivity index (χ1n) is 6.11. The Morgan fingerprint density at radius 2 is 2.21 bits per heavy atom. The van der Waals surface area contributed by atoms with Crippen LogP contribution in [0, 0.1) is 0 Å². The third-order valence-corrected chi connectivity index (χ3v) is 5.22. The smallest absolute Gasteiger partial charge is 0.230 e. The van der Waals surface area contributed by atoms with Crippen LogP contribution >= 0.6 is 23.1 Å². The van der Waals surface area contributed by atoms with Crippen molar-refractivity contribution in [1.82, 2.24) is 10.3 Å². The molecule has 0 saturated carbocycles. The maximum Gasteiger partial charge on any atom is 0.230 e. The topological polar surface area (TPSA) is 57.6 Å². The average molecular weight is 305 g/mol. The van der Waals surface area contributed by atoms with E-state index in [1.54, 1.807) is 30.2 Å². The zero-order valence-electron chi connectivity index (χ0n) is 12.1. The van der Waals surface area contributed by atoms with Crippen LogP contribution in [0.1, 0.15) is 11.8 Å². The highest BCUT2D eigenvalue weighted by Gasteiger charge is 2.17. The normalized spacial score (nSPS) is 14.2. The van der Waals surface area contributed by atoms with E-state index in [-0.39, 0.29) is 17.9 Å². The number of nitrogens with zero attached hydrogens (tertiary/aromatic N) is 2. The predicted octanol–water partition coefficient (Wildman–Crippen LogP) is 1.42. The Morgan fingerprint density at radius 1 is 1.53 bits per heavy atom. The van der Waals surface area contributed by atoms with Crippen LogP contribution in [-0.2, 0) is 6.54 Å². The zero-order chi connectivity index (χ0) is 14.4. The summed E-state index contributed by atoms with van der Waals surface area (Å²) < 4.78 is 5.30. The van der Waals surface area contributed by atoms with Crippen LogP contribution in [-0.4, -0.2) is 55.5 Å². The minimum Gasteiger partial charge on any atom is -0.480 e. The first kappa shape index (κ1) is 16.6. The van der Waals surface area contributed by atoms with Gasteiger partial charge in [-0.25, -0.2) is 0 Å². The quantitative estimate of drug-likeness (QED) is 0.757. The second-order valence-electron chi connectivity index (χ2n) is 4.45. The number of rotatable bonds is 8. The van der Waals surface area contributed by atoms with Crippen LogP contribution in [0.3, 0.4) is 0 Å². The van der Waals surface area contributed by atoms with E-state index in [0.717, 1.165) is 10.0 Å². The number of nitrogens with one attached hydrogen (secondary N) is 1. The third-order valence-electron chi connectivity index (χ3n) is 2.85. The Balaban J connectivity index is 2.66. The van der Waals surface area contributed by atoms with E-state index in [0.29, 0.717) is 12.4 Å². The summed E-state index contributed by atoms with van der Waals surface area (Å²) in [7, 11) is 5.57. The average Bonchev–Trinajstić information content (AvgIpc) is 2.81. The second kappa shape index (κ2) is 7.94. The van der Waals surface area contributed by atoms with Crippen molar-refractivity contribution in [2.75, 3.05) is 39.0 Å². The van der Waals surface area contributed by atoms with Gasteiger partial charge in [-0.2, -0.15) is 16.7 Å². The van der Waals surface area contributed by atoms with E-state index in [4.69, 9.17) is 4.74 Å². The first-order valence-corrected chi connectivity index (χ1v) is 8.22. The number of aliphatic hydroxyl groups is 1. The minimum absolute atomic E-state index is 0.179. The molecule has 2 unspecified atom stereocenters. The third kappa shape index (κ3) is 4.52. The summed E-state index contributed by atoms with van der Waals surface area (Å²) in [5.41, 5.74) is 0. The molecule has 19 heavy (non-hydrogen) atoms. The largest absolute Gasteiger partial charge is 0.480 e. The molecule has 1 aromatic rings. The summed E-state index contributed by atoms with van der Waals surface area (Å²) in [6.45, 7) is 2.96. The van der Waals surface area contributed by atoms with Gasteiger partial charge in [-0.15, -0.1) is 0 Å². The fourth-order valence-electron chi connectivity index (χ4n) is 1.61. The van der Waals surface area contributed by atoms with E-state index < -0.39 is 0 Å². The molecule has 0 bridgehead atoms. The highest BCUT2D eigenvalue weighted by atomic mass is 32.2. The van der Waals surface area contributed by atoms with Gasteiger partial charge in [-0.1, -0.05) is 11.3 Å². The number of hydrogen-bond acceptors (Lipinski definition) is 7. The number of thiazole rings is 1. The predicted molar refractivity (Wildman–Crippen MR) is 83.7 cm³/mol. The van der Waals surface area contributed by atoms with Crippen molar-refractivity contribution in [3.8, 4) is 5.88 Å². The number of ether oxygens (including phenoxy) is 1. The Bertz CT molecular complexity index is 381. The standard InChI is InChI=1S/C12H23N3O2S2/c1-8(10(7-16)18-5)13-6-9-11(17-4)14-12(19-9)15(2)3/h8,10,13,16H,6-7H2,1-5H3. The number of aliphatic hydroxyl groups excluding tert-OH is 1. The molecular formula is C12H23N3O2S2.